The Bertz CT molecular complexity index is 3980. The highest BCUT2D eigenvalue weighted by Crippen LogP contribution is 2.45. The third-order valence-electron chi connectivity index (χ3n) is 12.7. The van der Waals surface area contributed by atoms with Gasteiger partial charge in [-0.1, -0.05) is 103 Å². The van der Waals surface area contributed by atoms with E-state index in [-0.39, 0.29) is 0 Å². The second-order valence-electron chi connectivity index (χ2n) is 16.6. The number of alkyl halides is 3. The van der Waals surface area contributed by atoms with Crippen LogP contribution in [0, 0.1) is 36.2 Å². The first-order valence-electron chi connectivity index (χ1n) is 21.5. The third kappa shape index (κ3) is 6.78. The van der Waals surface area contributed by atoms with Crippen LogP contribution in [0.5, 0.6) is 0 Å². The van der Waals surface area contributed by atoms with E-state index in [1.54, 1.807) is 25.1 Å². The van der Waals surface area contributed by atoms with Crippen molar-refractivity contribution >= 4 is 49.3 Å². The maximum Gasteiger partial charge on any atom is 0.416 e. The van der Waals surface area contributed by atoms with Crippen LogP contribution in [0.1, 0.15) is 22.3 Å². The summed E-state index contributed by atoms with van der Waals surface area (Å²) in [7, 11) is 0. The molecule has 0 N–H and O–H groups in total. The lowest BCUT2D eigenvalue weighted by molar-refractivity contribution is -0.137. The average molecular weight is 870 g/mol. The van der Waals surface area contributed by atoms with Crippen LogP contribution in [0.25, 0.3) is 104 Å². The minimum Gasteiger partial charge on any atom is -0.309 e. The lowest BCUT2D eigenvalue weighted by Crippen LogP contribution is -2.05. The molecule has 2 aromatic heterocycles. The van der Waals surface area contributed by atoms with Gasteiger partial charge in [-0.15, -0.1) is 0 Å². The van der Waals surface area contributed by atoms with Crippen molar-refractivity contribution in [3.8, 4) is 68.0 Å². The number of fused-ring (bicyclic) bond motifs is 6. The summed E-state index contributed by atoms with van der Waals surface area (Å²) < 4.78 is 47.5. The summed E-state index contributed by atoms with van der Waals surface area (Å²) in [4.78, 5) is 3.80. The Labute approximate surface area is 383 Å². The molecule has 316 valence electrons. The van der Waals surface area contributed by atoms with Crippen molar-refractivity contribution in [2.24, 2.45) is 0 Å². The van der Waals surface area contributed by atoms with Gasteiger partial charge in [0.25, 0.3) is 0 Å². The Morgan fingerprint density at radius 3 is 1.63 bits per heavy atom. The van der Waals surface area contributed by atoms with E-state index in [1.165, 1.54) is 6.07 Å². The number of halogens is 3. The summed E-state index contributed by atoms with van der Waals surface area (Å²) in [5.41, 5.74) is 12.1. The smallest absolute Gasteiger partial charge is 0.309 e. The maximum atomic E-state index is 14.4. The van der Waals surface area contributed by atoms with Crippen LogP contribution >= 0.6 is 0 Å². The summed E-state index contributed by atoms with van der Waals surface area (Å²) in [6.45, 7) is 9.52. The number of nitrogens with zero attached hydrogens (tertiary/aromatic N) is 5. The molecule has 11 aromatic rings. The van der Waals surface area contributed by atoms with Gasteiger partial charge in [-0.05, 0) is 131 Å². The van der Waals surface area contributed by atoms with Gasteiger partial charge in [0.15, 0.2) is 5.69 Å². The Kier molecular flexibility index (Phi) is 9.59. The van der Waals surface area contributed by atoms with Gasteiger partial charge >= 0.3 is 6.18 Å². The van der Waals surface area contributed by atoms with E-state index in [0.29, 0.717) is 44.6 Å². The molecular formula is C59H34F3N5. The number of rotatable bonds is 6. The maximum absolute atomic E-state index is 14.4. The van der Waals surface area contributed by atoms with Gasteiger partial charge < -0.3 is 9.13 Å². The number of benzene rings is 9. The first-order chi connectivity index (χ1) is 32.6. The van der Waals surface area contributed by atoms with Crippen LogP contribution in [0.3, 0.4) is 0 Å². The van der Waals surface area contributed by atoms with Crippen LogP contribution in [0.2, 0.25) is 0 Å². The molecule has 0 fully saturated rings. The van der Waals surface area contributed by atoms with Crippen molar-refractivity contribution in [1.29, 1.82) is 10.5 Å². The first kappa shape index (κ1) is 40.6. The fraction of sp³-hybridized carbons (Fsp3) is 0.0339. The highest BCUT2D eigenvalue weighted by atomic mass is 19.4. The minimum atomic E-state index is -4.55. The second-order valence-corrected chi connectivity index (χ2v) is 16.6. The summed E-state index contributed by atoms with van der Waals surface area (Å²) in [6, 6.07) is 63.8. The van der Waals surface area contributed by atoms with Crippen LogP contribution in [-0.4, -0.2) is 9.13 Å². The molecule has 0 saturated heterocycles. The molecule has 8 heteroatoms. The number of hydrogen-bond donors (Lipinski definition) is 0. The zero-order valence-corrected chi connectivity index (χ0v) is 35.8. The Hall–Kier alpha value is -9.16. The molecule has 0 aliphatic carbocycles. The second kappa shape index (κ2) is 15.8. The predicted molar refractivity (Wildman–Crippen MR) is 262 cm³/mol. The first-order valence-corrected chi connectivity index (χ1v) is 21.5. The molecule has 2 heterocycles. The number of para-hydroxylation sites is 3. The largest absolute Gasteiger partial charge is 0.416 e. The lowest BCUT2D eigenvalue weighted by atomic mass is 9.93. The fourth-order valence-corrected chi connectivity index (χ4v) is 9.70. The third-order valence-corrected chi connectivity index (χ3v) is 12.7. The van der Waals surface area contributed by atoms with Gasteiger partial charge in [-0.2, -0.15) is 23.7 Å². The molecule has 11 rings (SSSR count). The number of aryl methyl sites for hydroxylation is 1. The molecule has 0 amide bonds. The highest BCUT2D eigenvalue weighted by Gasteiger charge is 2.31. The number of nitriles is 2. The van der Waals surface area contributed by atoms with E-state index >= 15 is 0 Å². The molecule has 0 aliphatic heterocycles. The average Bonchev–Trinajstić information content (AvgIpc) is 3.87. The molecule has 67 heavy (non-hydrogen) atoms. The van der Waals surface area contributed by atoms with Gasteiger partial charge in [0, 0.05) is 32.7 Å². The summed E-state index contributed by atoms with van der Waals surface area (Å²) in [6.07, 6.45) is -4.55. The molecular weight excluding hydrogens is 836 g/mol. The van der Waals surface area contributed by atoms with Crippen molar-refractivity contribution < 1.29 is 13.2 Å². The van der Waals surface area contributed by atoms with Crippen molar-refractivity contribution in [2.75, 3.05) is 0 Å². The summed E-state index contributed by atoms with van der Waals surface area (Å²) in [5, 5.41) is 24.4. The number of aromatic nitrogens is 2. The molecule has 0 unspecified atom stereocenters. The Morgan fingerprint density at radius 1 is 0.463 bits per heavy atom. The van der Waals surface area contributed by atoms with Crippen LogP contribution in [0.4, 0.5) is 18.9 Å². The highest BCUT2D eigenvalue weighted by molar-refractivity contribution is 6.13. The van der Waals surface area contributed by atoms with E-state index in [4.69, 9.17) is 6.57 Å². The van der Waals surface area contributed by atoms with Gasteiger partial charge in [-0.3, -0.25) is 0 Å². The Morgan fingerprint density at radius 2 is 1.00 bits per heavy atom. The zero-order chi connectivity index (χ0) is 46.0. The summed E-state index contributed by atoms with van der Waals surface area (Å²) in [5.74, 6) is 0. The molecule has 0 spiro atoms. The van der Waals surface area contributed by atoms with Crippen molar-refractivity contribution in [2.45, 2.75) is 13.1 Å². The van der Waals surface area contributed by atoms with Crippen LogP contribution < -0.4 is 0 Å². The topological polar surface area (TPSA) is 61.8 Å². The molecule has 0 bridgehead atoms. The van der Waals surface area contributed by atoms with Gasteiger partial charge in [-0.25, -0.2) is 4.85 Å². The number of hydrogen-bond acceptors (Lipinski definition) is 2. The van der Waals surface area contributed by atoms with Gasteiger partial charge in [0.1, 0.15) is 0 Å². The van der Waals surface area contributed by atoms with Crippen molar-refractivity contribution in [1.82, 2.24) is 9.13 Å². The Balaban J connectivity index is 1.22. The standard InChI is InChI=1S/C59H34F3N5/c1-36-27-42(30-43(28-36)59(60,61)62)38-20-24-58(67-54-18-10-6-14-46(54)49-32-39(21-25-56(49)67)44-12-4-3-11-41(44)35-64)51(31-38)48-29-37(34-63)19-23-55(48)66-53-17-9-7-15-47(53)50-33-40(22-26-57(50)66)45-13-5-8-16-52(45)65-2/h3-33H,1H3. The van der Waals surface area contributed by atoms with Crippen molar-refractivity contribution in [3.05, 3.63) is 222 Å². The molecule has 0 saturated carbocycles. The normalized spacial score (nSPS) is 11.5. The van der Waals surface area contributed by atoms with Crippen LogP contribution in [-0.2, 0) is 6.18 Å². The quantitative estimate of drug-likeness (QED) is 0.156. The predicted octanol–water partition coefficient (Wildman–Crippen LogP) is 16.2. The fourth-order valence-electron chi connectivity index (χ4n) is 9.70. The van der Waals surface area contributed by atoms with Gasteiger partial charge in [0.05, 0.1) is 68.8 Å². The van der Waals surface area contributed by atoms with E-state index < -0.39 is 11.7 Å². The van der Waals surface area contributed by atoms with E-state index in [2.05, 4.69) is 74.6 Å². The monoisotopic (exact) mass is 869 g/mol. The van der Waals surface area contributed by atoms with E-state index in [9.17, 15) is 23.7 Å². The molecule has 9 aromatic carbocycles. The SMILES string of the molecule is [C-]#[N+]c1ccccc1-c1ccc2c(c1)c1ccccc1n2-c1ccc(C#N)cc1-c1cc(-c2cc(C)cc(C(F)(F)F)c2)ccc1-n1c2ccccc2c2cc(-c3ccccc3C#N)ccc21. The molecule has 0 atom stereocenters. The van der Waals surface area contributed by atoms with E-state index in [1.807, 2.05) is 109 Å². The summed E-state index contributed by atoms with van der Waals surface area (Å²) >= 11 is 0. The molecule has 0 radical (unpaired) electrons. The zero-order valence-electron chi connectivity index (χ0n) is 35.8. The van der Waals surface area contributed by atoms with E-state index in [0.717, 1.165) is 83.3 Å². The minimum absolute atomic E-state index is 0.408. The van der Waals surface area contributed by atoms with Crippen molar-refractivity contribution in [3.63, 3.8) is 0 Å². The van der Waals surface area contributed by atoms with Gasteiger partial charge in [0.2, 0.25) is 0 Å². The van der Waals surface area contributed by atoms with Crippen LogP contribution in [0.15, 0.2) is 188 Å². The lowest BCUT2D eigenvalue weighted by Gasteiger charge is -2.20. The molecule has 5 nitrogen and oxygen atoms in total. The molecule has 0 aliphatic rings.